The van der Waals surface area contributed by atoms with Crippen molar-refractivity contribution in [3.8, 4) is 0 Å². The molecular formula is C14H13F3N4O2. The van der Waals surface area contributed by atoms with E-state index in [0.29, 0.717) is 11.3 Å². The molecule has 1 aromatic carbocycles. The normalized spacial score (nSPS) is 11.1. The second-order valence-electron chi connectivity index (χ2n) is 4.74. The summed E-state index contributed by atoms with van der Waals surface area (Å²) < 4.78 is 37.7. The number of rotatable bonds is 4. The number of benzene rings is 1. The molecule has 0 aliphatic heterocycles. The van der Waals surface area contributed by atoms with Gasteiger partial charge in [-0.2, -0.15) is 18.3 Å². The standard InChI is InChI=1S/C14H13F3N4O2/c1-21-7-10(6-19-21)13(23)20-11-4-2-3-9(5-11)12(22)18-8-14(15,16)17/h2-7H,8H2,1H3,(H,18,22)(H,20,23). The Morgan fingerprint density at radius 1 is 1.22 bits per heavy atom. The first-order valence-electron chi connectivity index (χ1n) is 6.49. The van der Waals surface area contributed by atoms with Crippen molar-refractivity contribution < 1.29 is 22.8 Å². The number of amides is 2. The molecule has 23 heavy (non-hydrogen) atoms. The fourth-order valence-electron chi connectivity index (χ4n) is 1.76. The molecule has 122 valence electrons. The highest BCUT2D eigenvalue weighted by Crippen LogP contribution is 2.15. The molecule has 0 saturated heterocycles. The lowest BCUT2D eigenvalue weighted by molar-refractivity contribution is -0.123. The van der Waals surface area contributed by atoms with E-state index < -0.39 is 24.5 Å². The summed E-state index contributed by atoms with van der Waals surface area (Å²) in [7, 11) is 1.66. The number of hydrogen-bond donors (Lipinski definition) is 2. The highest BCUT2D eigenvalue weighted by atomic mass is 19.4. The number of nitrogens with one attached hydrogen (secondary N) is 2. The number of carbonyl (C=O) groups is 2. The van der Waals surface area contributed by atoms with E-state index in [2.05, 4.69) is 10.4 Å². The smallest absolute Gasteiger partial charge is 0.343 e. The minimum Gasteiger partial charge on any atom is -0.343 e. The lowest BCUT2D eigenvalue weighted by Gasteiger charge is -2.09. The molecule has 2 N–H and O–H groups in total. The summed E-state index contributed by atoms with van der Waals surface area (Å²) in [6.45, 7) is -1.42. The van der Waals surface area contributed by atoms with E-state index in [4.69, 9.17) is 0 Å². The predicted molar refractivity (Wildman–Crippen MR) is 76.0 cm³/mol. The summed E-state index contributed by atoms with van der Waals surface area (Å²) in [5.74, 6) is -1.31. The van der Waals surface area contributed by atoms with Gasteiger partial charge < -0.3 is 10.6 Å². The zero-order valence-electron chi connectivity index (χ0n) is 12.0. The van der Waals surface area contributed by atoms with Crippen LogP contribution in [0.1, 0.15) is 20.7 Å². The van der Waals surface area contributed by atoms with Gasteiger partial charge in [0.15, 0.2) is 0 Å². The van der Waals surface area contributed by atoms with E-state index >= 15 is 0 Å². The van der Waals surface area contributed by atoms with E-state index in [1.807, 2.05) is 0 Å². The summed E-state index contributed by atoms with van der Waals surface area (Å²) in [6, 6.07) is 5.63. The molecule has 0 saturated carbocycles. The van der Waals surface area contributed by atoms with Gasteiger partial charge in [-0.3, -0.25) is 14.3 Å². The van der Waals surface area contributed by atoms with Gasteiger partial charge >= 0.3 is 6.18 Å². The molecule has 0 aliphatic rings. The molecule has 0 bridgehead atoms. The molecule has 0 atom stereocenters. The number of carbonyl (C=O) groups excluding carboxylic acids is 2. The van der Waals surface area contributed by atoms with Crippen molar-refractivity contribution in [1.29, 1.82) is 0 Å². The first-order chi connectivity index (χ1) is 10.7. The van der Waals surface area contributed by atoms with Gasteiger partial charge in [-0.25, -0.2) is 0 Å². The van der Waals surface area contributed by atoms with Crippen LogP contribution in [0.4, 0.5) is 18.9 Å². The molecule has 1 aromatic heterocycles. The quantitative estimate of drug-likeness (QED) is 0.902. The molecule has 0 radical (unpaired) electrons. The van der Waals surface area contributed by atoms with Crippen molar-refractivity contribution in [1.82, 2.24) is 15.1 Å². The van der Waals surface area contributed by atoms with Crippen molar-refractivity contribution in [2.45, 2.75) is 6.18 Å². The van der Waals surface area contributed by atoms with Crippen LogP contribution in [0.15, 0.2) is 36.7 Å². The predicted octanol–water partition coefficient (Wildman–Crippen LogP) is 1.96. The third-order valence-corrected chi connectivity index (χ3v) is 2.80. The topological polar surface area (TPSA) is 76.0 Å². The van der Waals surface area contributed by atoms with Gasteiger partial charge in [0.2, 0.25) is 0 Å². The Morgan fingerprint density at radius 3 is 2.57 bits per heavy atom. The highest BCUT2D eigenvalue weighted by Gasteiger charge is 2.27. The maximum Gasteiger partial charge on any atom is 0.405 e. The number of nitrogens with zero attached hydrogens (tertiary/aromatic N) is 2. The first-order valence-corrected chi connectivity index (χ1v) is 6.49. The summed E-state index contributed by atoms with van der Waals surface area (Å²) in [5, 5.41) is 8.17. The molecule has 0 fully saturated rings. The van der Waals surface area contributed by atoms with Crippen LogP contribution in [-0.2, 0) is 7.05 Å². The maximum atomic E-state index is 12.1. The van der Waals surface area contributed by atoms with Crippen molar-refractivity contribution in [3.63, 3.8) is 0 Å². The van der Waals surface area contributed by atoms with Crippen LogP contribution in [-0.4, -0.2) is 34.3 Å². The number of anilines is 1. The molecule has 1 heterocycles. The minimum absolute atomic E-state index is 0.0123. The Bertz CT molecular complexity index is 725. The van der Waals surface area contributed by atoms with Gasteiger partial charge in [-0.1, -0.05) is 6.07 Å². The molecule has 0 aliphatic carbocycles. The van der Waals surface area contributed by atoms with Crippen molar-refractivity contribution >= 4 is 17.5 Å². The zero-order chi connectivity index (χ0) is 17.0. The van der Waals surface area contributed by atoms with Crippen LogP contribution < -0.4 is 10.6 Å². The Labute approximate surface area is 129 Å². The minimum atomic E-state index is -4.48. The second kappa shape index (κ2) is 6.51. The van der Waals surface area contributed by atoms with Gasteiger partial charge in [0.25, 0.3) is 11.8 Å². The lowest BCUT2D eigenvalue weighted by atomic mass is 10.2. The maximum absolute atomic E-state index is 12.1. The van der Waals surface area contributed by atoms with Crippen LogP contribution in [0.2, 0.25) is 0 Å². The Balaban J connectivity index is 2.04. The first kappa shape index (κ1) is 16.5. The SMILES string of the molecule is Cn1cc(C(=O)Nc2cccc(C(=O)NCC(F)(F)F)c2)cn1. The number of aromatic nitrogens is 2. The van der Waals surface area contributed by atoms with Crippen LogP contribution >= 0.6 is 0 Å². The summed E-state index contributed by atoms with van der Waals surface area (Å²) in [6.07, 6.45) is -1.60. The van der Waals surface area contributed by atoms with E-state index in [0.717, 1.165) is 0 Å². The molecule has 2 rings (SSSR count). The van der Waals surface area contributed by atoms with Crippen molar-refractivity contribution in [2.24, 2.45) is 7.05 Å². The monoisotopic (exact) mass is 326 g/mol. The highest BCUT2D eigenvalue weighted by molar-refractivity contribution is 6.04. The Morgan fingerprint density at radius 2 is 1.96 bits per heavy atom. The molecule has 0 unspecified atom stereocenters. The third-order valence-electron chi connectivity index (χ3n) is 2.80. The Hall–Kier alpha value is -2.84. The number of alkyl halides is 3. The van der Waals surface area contributed by atoms with E-state index in [-0.39, 0.29) is 5.56 Å². The van der Waals surface area contributed by atoms with Gasteiger partial charge in [0, 0.05) is 24.5 Å². The van der Waals surface area contributed by atoms with Crippen molar-refractivity contribution in [2.75, 3.05) is 11.9 Å². The third kappa shape index (κ3) is 4.83. The van der Waals surface area contributed by atoms with Gasteiger partial charge in [0.05, 0.1) is 11.8 Å². The molecule has 2 amide bonds. The van der Waals surface area contributed by atoms with Gasteiger partial charge in [-0.15, -0.1) is 0 Å². The Kier molecular flexibility index (Phi) is 4.68. The number of hydrogen-bond acceptors (Lipinski definition) is 3. The number of halogens is 3. The van der Waals surface area contributed by atoms with Crippen LogP contribution in [0.5, 0.6) is 0 Å². The van der Waals surface area contributed by atoms with Crippen molar-refractivity contribution in [3.05, 3.63) is 47.8 Å². The second-order valence-corrected chi connectivity index (χ2v) is 4.74. The summed E-state index contributed by atoms with van der Waals surface area (Å²) in [4.78, 5) is 23.6. The average Bonchev–Trinajstić information content (AvgIpc) is 2.91. The van der Waals surface area contributed by atoms with E-state index in [1.54, 1.807) is 12.4 Å². The molecule has 6 nitrogen and oxygen atoms in total. The largest absolute Gasteiger partial charge is 0.405 e. The van der Waals surface area contributed by atoms with E-state index in [1.165, 1.54) is 41.3 Å². The fourth-order valence-corrected chi connectivity index (χ4v) is 1.76. The lowest BCUT2D eigenvalue weighted by Crippen LogP contribution is -2.33. The van der Waals surface area contributed by atoms with Crippen LogP contribution in [0.3, 0.4) is 0 Å². The summed E-state index contributed by atoms with van der Waals surface area (Å²) in [5.41, 5.74) is 0.621. The number of aryl methyl sites for hydroxylation is 1. The average molecular weight is 326 g/mol. The zero-order valence-corrected chi connectivity index (χ0v) is 12.0. The molecule has 2 aromatic rings. The fraction of sp³-hybridized carbons (Fsp3) is 0.214. The summed E-state index contributed by atoms with van der Waals surface area (Å²) >= 11 is 0. The molecule has 9 heteroatoms. The molecule has 0 spiro atoms. The van der Waals surface area contributed by atoms with E-state index in [9.17, 15) is 22.8 Å². The molecular weight excluding hydrogens is 313 g/mol. The van der Waals surface area contributed by atoms with Gasteiger partial charge in [-0.05, 0) is 18.2 Å². The van der Waals surface area contributed by atoms with Crippen LogP contribution in [0, 0.1) is 0 Å². The van der Waals surface area contributed by atoms with Gasteiger partial charge in [0.1, 0.15) is 6.54 Å². The van der Waals surface area contributed by atoms with Crippen LogP contribution in [0.25, 0.3) is 0 Å².